The Labute approximate surface area is 290 Å². The molecular weight excluding hydrogens is 614 g/mol. The van der Waals surface area contributed by atoms with Crippen molar-refractivity contribution >= 4 is 22.8 Å². The van der Waals surface area contributed by atoms with Gasteiger partial charge in [0, 0.05) is 51.7 Å². The third kappa shape index (κ3) is 9.29. The molecule has 9 heteroatoms. The van der Waals surface area contributed by atoms with E-state index in [0.717, 1.165) is 59.7 Å². The summed E-state index contributed by atoms with van der Waals surface area (Å²) in [7, 11) is 3.46. The summed E-state index contributed by atoms with van der Waals surface area (Å²) in [6.07, 6.45) is 16.2. The van der Waals surface area contributed by atoms with Crippen LogP contribution in [0.2, 0.25) is 0 Å². The zero-order valence-electron chi connectivity index (χ0n) is 29.7. The van der Waals surface area contributed by atoms with Gasteiger partial charge in [0.15, 0.2) is 0 Å². The minimum Gasteiger partial charge on any atom is -0.445 e. The molecule has 2 aromatic carbocycles. The summed E-state index contributed by atoms with van der Waals surface area (Å²) >= 11 is 0. The molecule has 1 saturated heterocycles. The summed E-state index contributed by atoms with van der Waals surface area (Å²) in [5.74, 6) is 0.327. The van der Waals surface area contributed by atoms with Gasteiger partial charge in [-0.05, 0) is 81.2 Å². The summed E-state index contributed by atoms with van der Waals surface area (Å²) in [6, 6.07) is 14.5. The Bertz CT molecular complexity index is 1740. The molecule has 9 nitrogen and oxygen atoms in total. The van der Waals surface area contributed by atoms with Gasteiger partial charge in [-0.3, -0.25) is 4.79 Å². The second-order valence-corrected chi connectivity index (χ2v) is 13.4. The molecule has 0 spiro atoms. The first-order valence-corrected chi connectivity index (χ1v) is 17.4. The maximum absolute atomic E-state index is 14.0. The number of fused-ring (bicyclic) bond motifs is 1. The lowest BCUT2D eigenvalue weighted by Crippen LogP contribution is -2.39. The van der Waals surface area contributed by atoms with E-state index in [1.54, 1.807) is 18.3 Å². The maximum atomic E-state index is 14.0. The fourth-order valence-electron chi connectivity index (χ4n) is 6.60. The van der Waals surface area contributed by atoms with Gasteiger partial charge in [0.25, 0.3) is 5.91 Å². The number of likely N-dealkylation sites (N-methyl/N-ethyl adjacent to an activating group) is 1. The number of likely N-dealkylation sites (tertiary alicyclic amines) is 1. The van der Waals surface area contributed by atoms with Crippen LogP contribution in [0.1, 0.15) is 75.0 Å². The number of methoxy groups -OCH3 is 1. The van der Waals surface area contributed by atoms with E-state index >= 15 is 0 Å². The van der Waals surface area contributed by atoms with Gasteiger partial charge in [0.2, 0.25) is 0 Å². The van der Waals surface area contributed by atoms with Crippen molar-refractivity contribution in [1.82, 2.24) is 24.3 Å². The molecule has 0 bridgehead atoms. The van der Waals surface area contributed by atoms with Crippen LogP contribution < -0.4 is 0 Å². The number of rotatable bonds is 14. The number of ether oxygens (including phenoxy) is 2. The van der Waals surface area contributed by atoms with Crippen molar-refractivity contribution in [2.45, 2.75) is 58.9 Å². The normalized spacial score (nSPS) is 14.6. The van der Waals surface area contributed by atoms with Gasteiger partial charge >= 0.3 is 6.09 Å². The second-order valence-electron chi connectivity index (χ2n) is 13.4. The Morgan fingerprint density at radius 2 is 1.82 bits per heavy atom. The number of aromatic nitrogens is 3. The topological polar surface area (TPSA) is 92.7 Å². The van der Waals surface area contributed by atoms with Gasteiger partial charge < -0.3 is 28.8 Å². The molecule has 1 fully saturated rings. The minimum atomic E-state index is -0.247. The molecule has 49 heavy (non-hydrogen) atoms. The van der Waals surface area contributed by atoms with Crippen LogP contribution in [0.3, 0.4) is 0 Å². The third-order valence-electron chi connectivity index (χ3n) is 9.53. The highest BCUT2D eigenvalue weighted by Gasteiger charge is 2.29. The van der Waals surface area contributed by atoms with E-state index in [9.17, 15) is 9.59 Å². The highest BCUT2D eigenvalue weighted by Crippen LogP contribution is 2.37. The van der Waals surface area contributed by atoms with Crippen LogP contribution in [0.5, 0.6) is 0 Å². The lowest BCUT2D eigenvalue weighted by molar-refractivity contribution is 0.0744. The van der Waals surface area contributed by atoms with Crippen LogP contribution in [0, 0.1) is 5.92 Å². The van der Waals surface area contributed by atoms with E-state index in [2.05, 4.69) is 71.8 Å². The van der Waals surface area contributed by atoms with E-state index in [-0.39, 0.29) is 18.0 Å². The van der Waals surface area contributed by atoms with E-state index in [4.69, 9.17) is 9.47 Å². The average Bonchev–Trinajstić information content (AvgIpc) is 3.80. The highest BCUT2D eigenvalue weighted by molar-refractivity contribution is 6.06. The summed E-state index contributed by atoms with van der Waals surface area (Å²) < 4.78 is 13.1. The summed E-state index contributed by atoms with van der Waals surface area (Å²) in [6.45, 7) is 8.87. The Balaban J connectivity index is 1.33. The number of H-pyrrole nitrogens is 1. The number of nitrogens with zero attached hydrogens (tertiary/aromatic N) is 4. The summed E-state index contributed by atoms with van der Waals surface area (Å²) in [5, 5.41) is 2.22. The lowest BCUT2D eigenvalue weighted by Gasteiger charge is -2.33. The number of hydrogen-bond donors (Lipinski definition) is 1. The number of carbonyl (C=O) groups is 2. The van der Waals surface area contributed by atoms with Crippen molar-refractivity contribution in [3.8, 4) is 11.1 Å². The molecule has 1 unspecified atom stereocenters. The van der Waals surface area contributed by atoms with Crippen LogP contribution in [-0.2, 0) is 9.47 Å². The Hall–Kier alpha value is -4.63. The Morgan fingerprint density at radius 1 is 1.04 bits per heavy atom. The molecule has 1 aliphatic rings. The number of amides is 2. The predicted molar refractivity (Wildman–Crippen MR) is 196 cm³/mol. The molecule has 0 saturated carbocycles. The van der Waals surface area contributed by atoms with E-state index in [1.807, 2.05) is 48.6 Å². The first-order valence-electron chi connectivity index (χ1n) is 17.4. The number of nitrogens with one attached hydrogen (secondary N) is 1. The molecule has 2 amide bonds. The molecule has 260 valence electrons. The molecular formula is C40H51N5O4. The second kappa shape index (κ2) is 17.2. The Morgan fingerprint density at radius 3 is 2.55 bits per heavy atom. The van der Waals surface area contributed by atoms with Gasteiger partial charge in [-0.2, -0.15) is 0 Å². The number of piperidine rings is 1. The van der Waals surface area contributed by atoms with E-state index < -0.39 is 0 Å². The maximum Gasteiger partial charge on any atom is 0.410 e. The lowest BCUT2D eigenvalue weighted by atomic mass is 9.89. The monoisotopic (exact) mass is 665 g/mol. The smallest absolute Gasteiger partial charge is 0.410 e. The van der Waals surface area contributed by atoms with Crippen molar-refractivity contribution in [2.24, 2.45) is 5.92 Å². The molecule has 3 heterocycles. The van der Waals surface area contributed by atoms with Crippen LogP contribution in [0.25, 0.3) is 21.9 Å². The fraction of sp³-hybridized carbons (Fsp3) is 0.425. The van der Waals surface area contributed by atoms with Gasteiger partial charge in [-0.15, -0.1) is 0 Å². The number of imidazole rings is 1. The number of carbonyl (C=O) groups excluding carboxylic acids is 2. The first-order chi connectivity index (χ1) is 23.7. The van der Waals surface area contributed by atoms with Crippen molar-refractivity contribution in [2.75, 3.05) is 47.0 Å². The first kappa shape index (κ1) is 35.7. The van der Waals surface area contributed by atoms with Crippen molar-refractivity contribution < 1.29 is 19.1 Å². The zero-order chi connectivity index (χ0) is 34.8. The van der Waals surface area contributed by atoms with Crippen molar-refractivity contribution in [3.63, 3.8) is 0 Å². The Kier molecular flexibility index (Phi) is 12.5. The average molecular weight is 666 g/mol. The van der Waals surface area contributed by atoms with Crippen molar-refractivity contribution in [3.05, 3.63) is 102 Å². The fourth-order valence-corrected chi connectivity index (χ4v) is 6.60. The number of benzene rings is 2. The van der Waals surface area contributed by atoms with E-state index in [1.165, 1.54) is 11.1 Å². The molecule has 1 atom stereocenters. The van der Waals surface area contributed by atoms with Crippen LogP contribution in [-0.4, -0.2) is 83.3 Å². The molecule has 5 rings (SSSR count). The van der Waals surface area contributed by atoms with Gasteiger partial charge in [0.1, 0.15) is 6.61 Å². The van der Waals surface area contributed by atoms with Crippen molar-refractivity contribution in [1.29, 1.82) is 0 Å². The molecule has 2 aromatic heterocycles. The summed E-state index contributed by atoms with van der Waals surface area (Å²) in [4.78, 5) is 38.1. The van der Waals surface area contributed by atoms with Gasteiger partial charge in [0.05, 0.1) is 36.4 Å². The molecule has 0 aliphatic carbocycles. The zero-order valence-corrected chi connectivity index (χ0v) is 29.7. The van der Waals surface area contributed by atoms with Gasteiger partial charge in [-0.1, -0.05) is 59.7 Å². The molecule has 4 aromatic rings. The molecule has 1 N–H and O–H groups in total. The highest BCUT2D eigenvalue weighted by atomic mass is 16.6. The number of hydrogen-bond acceptors (Lipinski definition) is 5. The number of aromatic amines is 1. The summed E-state index contributed by atoms with van der Waals surface area (Å²) in [5.41, 5.74) is 6.11. The quantitative estimate of drug-likeness (QED) is 0.137. The van der Waals surface area contributed by atoms with Gasteiger partial charge in [-0.25, -0.2) is 9.78 Å². The SMILES string of the molecule is COCCN(C)C(=O)c1cn(C(CC2CCN(C(=O)OCC=C(C)CCC=C(C)C)CC2)c2cnc[nH]2)cc1-c1cccc2ccccc12. The minimum absolute atomic E-state index is 0.0492. The largest absolute Gasteiger partial charge is 0.445 e. The van der Waals surface area contributed by atoms with Crippen LogP contribution >= 0.6 is 0 Å². The van der Waals surface area contributed by atoms with Crippen LogP contribution in [0.15, 0.2) is 90.7 Å². The van der Waals surface area contributed by atoms with Crippen LogP contribution in [0.4, 0.5) is 4.79 Å². The predicted octanol–water partition coefficient (Wildman–Crippen LogP) is 8.27. The number of allylic oxidation sites excluding steroid dienone is 3. The standard InChI is InChI=1S/C40H51N5O4/c1-29(2)10-8-11-30(3)18-22-49-40(47)44-19-16-31(17-20-44)24-38(37-25-41-28-42-37)45-26-35(36(27-45)39(46)43(4)21-23-48-5)34-15-9-13-32-12-6-7-14-33(32)34/h6-7,9-10,12-15,18,25-28,31,38H,8,11,16-17,19-24H2,1-5H3,(H,41,42). The molecule has 0 radical (unpaired) electrons. The molecule has 1 aliphatic heterocycles. The third-order valence-corrected chi connectivity index (χ3v) is 9.53. The van der Waals surface area contributed by atoms with E-state index in [0.29, 0.717) is 44.3 Å².